The van der Waals surface area contributed by atoms with Crippen molar-refractivity contribution in [3.8, 4) is 0 Å². The molecule has 1 aromatic heterocycles. The highest BCUT2D eigenvalue weighted by Crippen LogP contribution is 2.35. The summed E-state index contributed by atoms with van der Waals surface area (Å²) in [5, 5.41) is 1.22. The van der Waals surface area contributed by atoms with Crippen LogP contribution in [0.25, 0.3) is 10.9 Å². The van der Waals surface area contributed by atoms with Crippen molar-refractivity contribution >= 4 is 22.5 Å². The van der Waals surface area contributed by atoms with Gasteiger partial charge in [-0.2, -0.15) is 0 Å². The summed E-state index contributed by atoms with van der Waals surface area (Å²) >= 11 is 6.08. The van der Waals surface area contributed by atoms with Crippen LogP contribution >= 0.6 is 11.6 Å². The number of H-pyrrole nitrogens is 1. The number of hydrogen-bond acceptors (Lipinski definition) is 0. The average Bonchev–Trinajstić information content (AvgIpc) is 3.00. The van der Waals surface area contributed by atoms with Gasteiger partial charge in [-0.1, -0.05) is 68.7 Å². The third kappa shape index (κ3) is 5.13. The monoisotopic (exact) mass is 387 g/mol. The molecule has 27 heavy (non-hydrogen) atoms. The van der Waals surface area contributed by atoms with Crippen LogP contribution in [0.2, 0.25) is 5.02 Å². The summed E-state index contributed by atoms with van der Waals surface area (Å²) in [6, 6.07) is 3.29. The molecule has 0 aliphatic heterocycles. The molecule has 0 spiro atoms. The predicted octanol–water partition coefficient (Wildman–Crippen LogP) is 8.27. The third-order valence-electron chi connectivity index (χ3n) is 5.17. The standard InChI is InChI=1S/C24H31ClFN/c1-6-9-11-19-20-14-21(25)22(26)15-23(20)27-24(19)17(5)18(10-7-2)13-12-16(4)8-3/h7,10,12-15,17,27H,6,8-9,11H2,1-5H3/b10-7-,16-12+,18-13+. The number of unbranched alkanes of at least 4 members (excludes halogenated alkanes) is 1. The number of aromatic nitrogens is 1. The summed E-state index contributed by atoms with van der Waals surface area (Å²) in [4.78, 5) is 3.49. The van der Waals surface area contributed by atoms with Gasteiger partial charge in [0.1, 0.15) is 5.82 Å². The fourth-order valence-corrected chi connectivity index (χ4v) is 3.48. The molecular weight excluding hydrogens is 357 g/mol. The molecule has 0 aliphatic carbocycles. The highest BCUT2D eigenvalue weighted by molar-refractivity contribution is 6.31. The number of benzene rings is 1. The summed E-state index contributed by atoms with van der Waals surface area (Å²) in [5.74, 6) is -0.194. The van der Waals surface area contributed by atoms with Crippen molar-refractivity contribution in [3.05, 3.63) is 69.7 Å². The van der Waals surface area contributed by atoms with E-state index in [4.69, 9.17) is 11.6 Å². The van der Waals surface area contributed by atoms with Crippen LogP contribution in [-0.2, 0) is 6.42 Å². The molecule has 0 saturated heterocycles. The van der Waals surface area contributed by atoms with Gasteiger partial charge < -0.3 is 4.98 Å². The molecule has 2 rings (SSSR count). The number of rotatable bonds is 8. The Morgan fingerprint density at radius 1 is 1.26 bits per heavy atom. The molecule has 1 heterocycles. The molecule has 0 radical (unpaired) electrons. The Morgan fingerprint density at radius 2 is 2.00 bits per heavy atom. The van der Waals surface area contributed by atoms with Crippen molar-refractivity contribution in [2.24, 2.45) is 0 Å². The number of allylic oxidation sites excluding steroid dienone is 6. The molecule has 1 nitrogen and oxygen atoms in total. The smallest absolute Gasteiger partial charge is 0.143 e. The predicted molar refractivity (Wildman–Crippen MR) is 117 cm³/mol. The zero-order valence-electron chi connectivity index (χ0n) is 17.1. The summed E-state index contributed by atoms with van der Waals surface area (Å²) < 4.78 is 14.0. The van der Waals surface area contributed by atoms with Gasteiger partial charge in [-0.3, -0.25) is 0 Å². The van der Waals surface area contributed by atoms with Crippen LogP contribution in [0, 0.1) is 5.82 Å². The van der Waals surface area contributed by atoms with Crippen LogP contribution in [0.1, 0.15) is 71.1 Å². The minimum Gasteiger partial charge on any atom is -0.358 e. The van der Waals surface area contributed by atoms with Crippen LogP contribution in [0.3, 0.4) is 0 Å². The van der Waals surface area contributed by atoms with E-state index in [0.29, 0.717) is 0 Å². The second kappa shape index (κ2) is 9.94. The zero-order chi connectivity index (χ0) is 20.0. The molecule has 1 N–H and O–H groups in total. The quantitative estimate of drug-likeness (QED) is 0.438. The first-order chi connectivity index (χ1) is 12.9. The van der Waals surface area contributed by atoms with Gasteiger partial charge in [0, 0.05) is 22.5 Å². The molecule has 0 fully saturated rings. The molecule has 0 saturated carbocycles. The highest BCUT2D eigenvalue weighted by Gasteiger charge is 2.19. The summed E-state index contributed by atoms with van der Waals surface area (Å²) in [7, 11) is 0. The molecule has 146 valence electrons. The first kappa shape index (κ1) is 21.5. The topological polar surface area (TPSA) is 15.8 Å². The molecule has 0 amide bonds. The SMILES string of the molecule is C\C=C/C(=C\C=C(/C)CC)C(C)c1[nH]c2cc(F)c(Cl)cc2c1CCCC. The van der Waals surface area contributed by atoms with Crippen LogP contribution in [0.4, 0.5) is 4.39 Å². The van der Waals surface area contributed by atoms with Crippen molar-refractivity contribution in [3.63, 3.8) is 0 Å². The fraction of sp³-hybridized carbons (Fsp3) is 0.417. The molecule has 0 bridgehead atoms. The van der Waals surface area contributed by atoms with Gasteiger partial charge in [0.15, 0.2) is 0 Å². The van der Waals surface area contributed by atoms with Crippen LogP contribution in [0.15, 0.2) is 47.6 Å². The lowest BCUT2D eigenvalue weighted by Crippen LogP contribution is -2.01. The van der Waals surface area contributed by atoms with Crippen molar-refractivity contribution in [1.82, 2.24) is 4.98 Å². The van der Waals surface area contributed by atoms with Crippen LogP contribution < -0.4 is 0 Å². The maximum atomic E-state index is 14.0. The molecule has 2 aromatic rings. The lowest BCUT2D eigenvalue weighted by Gasteiger charge is -2.15. The first-order valence-corrected chi connectivity index (χ1v) is 10.3. The summed E-state index contributed by atoms with van der Waals surface area (Å²) in [5.41, 5.74) is 5.83. The van der Waals surface area contributed by atoms with Gasteiger partial charge in [-0.05, 0) is 56.4 Å². The molecule has 1 aromatic carbocycles. The molecular formula is C24H31ClFN. The first-order valence-electron chi connectivity index (χ1n) is 9.92. The van der Waals surface area contributed by atoms with Crippen molar-refractivity contribution in [2.45, 2.75) is 66.2 Å². The number of aromatic amines is 1. The molecule has 3 heteroatoms. The lowest BCUT2D eigenvalue weighted by molar-refractivity contribution is 0.630. The number of aryl methyl sites for hydroxylation is 1. The number of halogens is 2. The molecule has 0 aliphatic rings. The number of nitrogens with one attached hydrogen (secondary N) is 1. The van der Waals surface area contributed by atoms with Crippen molar-refractivity contribution in [1.29, 1.82) is 0 Å². The van der Waals surface area contributed by atoms with Gasteiger partial charge in [0.05, 0.1) is 5.02 Å². The average molecular weight is 388 g/mol. The third-order valence-corrected chi connectivity index (χ3v) is 5.46. The van der Waals surface area contributed by atoms with E-state index in [0.717, 1.165) is 42.3 Å². The van der Waals surface area contributed by atoms with Gasteiger partial charge in [0.25, 0.3) is 0 Å². The second-order valence-electron chi connectivity index (χ2n) is 7.19. The second-order valence-corrected chi connectivity index (χ2v) is 7.59. The highest BCUT2D eigenvalue weighted by atomic mass is 35.5. The van der Waals surface area contributed by atoms with Gasteiger partial charge >= 0.3 is 0 Å². The molecule has 1 unspecified atom stereocenters. The van der Waals surface area contributed by atoms with E-state index in [1.165, 1.54) is 22.8 Å². The van der Waals surface area contributed by atoms with Crippen molar-refractivity contribution in [2.75, 3.05) is 0 Å². The normalized spacial score (nSPS) is 14.5. The lowest BCUT2D eigenvalue weighted by atomic mass is 9.91. The minimum absolute atomic E-state index is 0.184. The van der Waals surface area contributed by atoms with Gasteiger partial charge in [0.2, 0.25) is 0 Å². The van der Waals surface area contributed by atoms with E-state index in [1.54, 1.807) is 6.07 Å². The van der Waals surface area contributed by atoms with E-state index in [1.807, 2.05) is 6.92 Å². The summed E-state index contributed by atoms with van der Waals surface area (Å²) in [6.45, 7) is 10.7. The zero-order valence-corrected chi connectivity index (χ0v) is 17.9. The van der Waals surface area contributed by atoms with E-state index >= 15 is 0 Å². The van der Waals surface area contributed by atoms with E-state index in [2.05, 4.69) is 57.0 Å². The Balaban J connectivity index is 2.59. The Labute approximate surface area is 168 Å². The Hall–Kier alpha value is -1.80. The number of fused-ring (bicyclic) bond motifs is 1. The Kier molecular flexibility index (Phi) is 7.91. The van der Waals surface area contributed by atoms with E-state index < -0.39 is 0 Å². The Bertz CT molecular complexity index is 870. The summed E-state index contributed by atoms with van der Waals surface area (Å²) in [6.07, 6.45) is 12.8. The van der Waals surface area contributed by atoms with E-state index in [9.17, 15) is 4.39 Å². The fourth-order valence-electron chi connectivity index (χ4n) is 3.32. The van der Waals surface area contributed by atoms with Gasteiger partial charge in [-0.15, -0.1) is 0 Å². The maximum absolute atomic E-state index is 14.0. The largest absolute Gasteiger partial charge is 0.358 e. The molecule has 1 atom stereocenters. The van der Waals surface area contributed by atoms with Crippen molar-refractivity contribution < 1.29 is 4.39 Å². The minimum atomic E-state index is -0.377. The number of hydrogen-bond donors (Lipinski definition) is 1. The van der Waals surface area contributed by atoms with Crippen LogP contribution in [-0.4, -0.2) is 4.98 Å². The van der Waals surface area contributed by atoms with Gasteiger partial charge in [-0.25, -0.2) is 4.39 Å². The maximum Gasteiger partial charge on any atom is 0.143 e. The van der Waals surface area contributed by atoms with Crippen LogP contribution in [0.5, 0.6) is 0 Å². The van der Waals surface area contributed by atoms with E-state index in [-0.39, 0.29) is 16.8 Å². The Morgan fingerprint density at radius 3 is 2.63 bits per heavy atom.